The van der Waals surface area contributed by atoms with Gasteiger partial charge in [-0.2, -0.15) is 4.31 Å². The molecule has 10 heteroatoms. The Labute approximate surface area is 175 Å². The van der Waals surface area contributed by atoms with Crippen LogP contribution in [0.4, 0.5) is 5.69 Å². The van der Waals surface area contributed by atoms with E-state index in [9.17, 15) is 18.0 Å². The van der Waals surface area contributed by atoms with Crippen molar-refractivity contribution in [2.75, 3.05) is 25.5 Å². The molecule has 1 amide bonds. The van der Waals surface area contributed by atoms with Crippen molar-refractivity contribution < 1.29 is 22.7 Å². The molecule has 2 aromatic rings. The molecule has 3 rings (SSSR count). The molecule has 0 radical (unpaired) electrons. The van der Waals surface area contributed by atoms with Gasteiger partial charge in [-0.1, -0.05) is 15.9 Å². The molecule has 2 heterocycles. The van der Waals surface area contributed by atoms with Crippen LogP contribution in [0.25, 0.3) is 0 Å². The lowest BCUT2D eigenvalue weighted by Crippen LogP contribution is -2.43. The summed E-state index contributed by atoms with van der Waals surface area (Å²) in [4.78, 5) is 25.0. The van der Waals surface area contributed by atoms with Crippen LogP contribution in [0.1, 0.15) is 22.5 Å². The first-order valence-electron chi connectivity index (χ1n) is 8.55. The summed E-state index contributed by atoms with van der Waals surface area (Å²) in [5, 5.41) is 4.43. The molecule has 1 aliphatic rings. The molecular weight excluding hydrogens is 468 g/mol. The van der Waals surface area contributed by atoms with Crippen LogP contribution >= 0.6 is 27.3 Å². The van der Waals surface area contributed by atoms with Gasteiger partial charge >= 0.3 is 5.97 Å². The number of ether oxygens (including phenoxy) is 1. The van der Waals surface area contributed by atoms with Gasteiger partial charge in [-0.25, -0.2) is 13.2 Å². The van der Waals surface area contributed by atoms with Crippen molar-refractivity contribution in [2.24, 2.45) is 5.92 Å². The molecule has 0 bridgehead atoms. The number of nitrogens with one attached hydrogen (secondary N) is 1. The maximum atomic E-state index is 12.9. The van der Waals surface area contributed by atoms with Crippen molar-refractivity contribution in [3.63, 3.8) is 0 Å². The summed E-state index contributed by atoms with van der Waals surface area (Å²) in [5.41, 5.74) is 0.384. The van der Waals surface area contributed by atoms with E-state index < -0.39 is 21.9 Å². The van der Waals surface area contributed by atoms with Crippen LogP contribution in [-0.2, 0) is 19.6 Å². The first-order chi connectivity index (χ1) is 13.3. The fourth-order valence-electron chi connectivity index (χ4n) is 3.02. The van der Waals surface area contributed by atoms with E-state index in [1.807, 2.05) is 0 Å². The standard InChI is InChI=1S/C18H19BrN2O5S2/c1-26-18(23)16-15(8-10-27-16)20-17(22)12-3-2-9-21(11-12)28(24,25)14-6-4-13(19)5-7-14/h4-8,10,12H,2-3,9,11H2,1H3,(H,20,22). The number of anilines is 1. The summed E-state index contributed by atoms with van der Waals surface area (Å²) >= 11 is 4.47. The minimum absolute atomic E-state index is 0.0991. The first-order valence-corrected chi connectivity index (χ1v) is 11.7. The molecule has 1 saturated heterocycles. The van der Waals surface area contributed by atoms with Gasteiger partial charge in [-0.3, -0.25) is 4.79 Å². The lowest BCUT2D eigenvalue weighted by molar-refractivity contribution is -0.120. The van der Waals surface area contributed by atoms with Crippen LogP contribution in [-0.4, -0.2) is 44.8 Å². The third kappa shape index (κ3) is 4.45. The third-order valence-electron chi connectivity index (χ3n) is 4.50. The number of nitrogens with zero attached hydrogens (tertiary/aromatic N) is 1. The van der Waals surface area contributed by atoms with E-state index in [-0.39, 0.29) is 17.3 Å². The van der Waals surface area contributed by atoms with Crippen molar-refractivity contribution >= 4 is 54.9 Å². The SMILES string of the molecule is COC(=O)c1sccc1NC(=O)C1CCCN(S(=O)(=O)c2ccc(Br)cc2)C1. The number of esters is 1. The Morgan fingerprint density at radius 1 is 1.25 bits per heavy atom. The maximum Gasteiger partial charge on any atom is 0.350 e. The Hall–Kier alpha value is -1.75. The number of halogens is 1. The molecule has 0 aliphatic carbocycles. The molecule has 1 N–H and O–H groups in total. The molecular formula is C18H19BrN2O5S2. The summed E-state index contributed by atoms with van der Waals surface area (Å²) < 4.78 is 32.6. The van der Waals surface area contributed by atoms with E-state index in [0.717, 1.165) is 4.47 Å². The van der Waals surface area contributed by atoms with Crippen molar-refractivity contribution in [1.82, 2.24) is 4.31 Å². The molecule has 1 aromatic heterocycles. The number of methoxy groups -OCH3 is 1. The van der Waals surface area contributed by atoms with Crippen LogP contribution in [0.2, 0.25) is 0 Å². The largest absolute Gasteiger partial charge is 0.465 e. The van der Waals surface area contributed by atoms with Gasteiger partial charge in [-0.15, -0.1) is 11.3 Å². The average molecular weight is 487 g/mol. The highest BCUT2D eigenvalue weighted by molar-refractivity contribution is 9.10. The molecule has 0 spiro atoms. The fourth-order valence-corrected chi connectivity index (χ4v) is 5.58. The van der Waals surface area contributed by atoms with Gasteiger partial charge in [0.2, 0.25) is 15.9 Å². The van der Waals surface area contributed by atoms with E-state index in [4.69, 9.17) is 4.74 Å². The molecule has 1 fully saturated rings. The molecule has 28 heavy (non-hydrogen) atoms. The van der Waals surface area contributed by atoms with Crippen LogP contribution in [0.3, 0.4) is 0 Å². The lowest BCUT2D eigenvalue weighted by Gasteiger charge is -2.31. The monoisotopic (exact) mass is 486 g/mol. The summed E-state index contributed by atoms with van der Waals surface area (Å²) in [6.45, 7) is 0.468. The highest BCUT2D eigenvalue weighted by Gasteiger charge is 2.33. The summed E-state index contributed by atoms with van der Waals surface area (Å²) in [6, 6.07) is 8.06. The second-order valence-corrected chi connectivity index (χ2v) is 10.1. The van der Waals surface area contributed by atoms with Crippen LogP contribution < -0.4 is 5.32 Å². The Bertz CT molecular complexity index is 972. The predicted molar refractivity (Wildman–Crippen MR) is 110 cm³/mol. The van der Waals surface area contributed by atoms with Gasteiger partial charge in [0.15, 0.2) is 0 Å². The van der Waals surface area contributed by atoms with Crippen molar-refractivity contribution in [3.8, 4) is 0 Å². The number of piperidine rings is 1. The Balaban J connectivity index is 1.72. The summed E-state index contributed by atoms with van der Waals surface area (Å²) in [6.07, 6.45) is 1.16. The molecule has 0 saturated carbocycles. The quantitative estimate of drug-likeness (QED) is 0.654. The third-order valence-corrected chi connectivity index (χ3v) is 7.80. The van der Waals surface area contributed by atoms with Gasteiger partial charge in [0, 0.05) is 17.6 Å². The van der Waals surface area contributed by atoms with Gasteiger partial charge in [-0.05, 0) is 48.6 Å². The number of hydrogen-bond acceptors (Lipinski definition) is 6. The molecule has 1 unspecified atom stereocenters. The zero-order chi connectivity index (χ0) is 20.3. The smallest absolute Gasteiger partial charge is 0.350 e. The van der Waals surface area contributed by atoms with Crippen LogP contribution in [0.15, 0.2) is 45.1 Å². The lowest BCUT2D eigenvalue weighted by atomic mass is 9.99. The number of benzene rings is 1. The fraction of sp³-hybridized carbons (Fsp3) is 0.333. The highest BCUT2D eigenvalue weighted by atomic mass is 79.9. The van der Waals surface area contributed by atoms with Gasteiger partial charge in [0.25, 0.3) is 0 Å². The molecule has 150 valence electrons. The normalized spacial score (nSPS) is 17.9. The van der Waals surface area contributed by atoms with E-state index in [1.165, 1.54) is 34.9 Å². The number of amides is 1. The second-order valence-electron chi connectivity index (χ2n) is 6.30. The minimum atomic E-state index is -3.67. The second kappa shape index (κ2) is 8.73. The van der Waals surface area contributed by atoms with Crippen molar-refractivity contribution in [3.05, 3.63) is 45.1 Å². The predicted octanol–water partition coefficient (Wildman–Crippen LogP) is 3.34. The first kappa shape index (κ1) is 21.0. The van der Waals surface area contributed by atoms with Gasteiger partial charge < -0.3 is 10.1 Å². The van der Waals surface area contributed by atoms with Crippen LogP contribution in [0, 0.1) is 5.92 Å². The molecule has 1 atom stereocenters. The average Bonchev–Trinajstić information content (AvgIpc) is 3.16. The van der Waals surface area contributed by atoms with Gasteiger partial charge in [0.1, 0.15) is 4.88 Å². The topological polar surface area (TPSA) is 92.8 Å². The highest BCUT2D eigenvalue weighted by Crippen LogP contribution is 2.28. The van der Waals surface area contributed by atoms with E-state index in [1.54, 1.807) is 23.6 Å². The summed E-state index contributed by atoms with van der Waals surface area (Å²) in [7, 11) is -2.39. The number of rotatable bonds is 5. The number of sulfonamides is 1. The Morgan fingerprint density at radius 3 is 2.64 bits per heavy atom. The zero-order valence-corrected chi connectivity index (χ0v) is 18.3. The Kier molecular flexibility index (Phi) is 6.54. The number of hydrogen-bond donors (Lipinski definition) is 1. The summed E-state index contributed by atoms with van der Waals surface area (Å²) in [5.74, 6) is -1.32. The molecule has 1 aliphatic heterocycles. The number of thiophene rings is 1. The van der Waals surface area contributed by atoms with Gasteiger partial charge in [0.05, 0.1) is 23.6 Å². The van der Waals surface area contributed by atoms with Crippen molar-refractivity contribution in [2.45, 2.75) is 17.7 Å². The van der Waals surface area contributed by atoms with Crippen LogP contribution in [0.5, 0.6) is 0 Å². The van der Waals surface area contributed by atoms with E-state index >= 15 is 0 Å². The number of carbonyl (C=O) groups is 2. The maximum absolute atomic E-state index is 12.9. The number of carbonyl (C=O) groups excluding carboxylic acids is 2. The molecule has 7 nitrogen and oxygen atoms in total. The minimum Gasteiger partial charge on any atom is -0.465 e. The van der Waals surface area contributed by atoms with E-state index in [2.05, 4.69) is 21.2 Å². The molecule has 1 aromatic carbocycles. The zero-order valence-electron chi connectivity index (χ0n) is 15.1. The van der Waals surface area contributed by atoms with E-state index in [0.29, 0.717) is 30.0 Å². The van der Waals surface area contributed by atoms with Crippen molar-refractivity contribution in [1.29, 1.82) is 0 Å². The Morgan fingerprint density at radius 2 is 1.96 bits per heavy atom.